The van der Waals surface area contributed by atoms with Gasteiger partial charge in [0.25, 0.3) is 0 Å². The van der Waals surface area contributed by atoms with Gasteiger partial charge >= 0.3 is 0 Å². The lowest BCUT2D eigenvalue weighted by molar-refractivity contribution is 0.627. The van der Waals surface area contributed by atoms with Gasteiger partial charge in [-0.1, -0.05) is 15.9 Å². The van der Waals surface area contributed by atoms with Crippen molar-refractivity contribution < 1.29 is 4.39 Å². The summed E-state index contributed by atoms with van der Waals surface area (Å²) in [7, 11) is 0. The molecule has 2 rings (SSSR count). The van der Waals surface area contributed by atoms with Crippen LogP contribution in [0.2, 0.25) is 0 Å². The van der Waals surface area contributed by atoms with E-state index in [4.69, 9.17) is 16.7 Å². The minimum Gasteiger partial charge on any atom is -0.382 e. The third-order valence-corrected chi connectivity index (χ3v) is 3.10. The molecule has 0 spiro atoms. The molecule has 1 heterocycles. The lowest BCUT2D eigenvalue weighted by atomic mass is 10.0. The summed E-state index contributed by atoms with van der Waals surface area (Å²) in [6.45, 7) is 0. The van der Waals surface area contributed by atoms with E-state index in [2.05, 4.69) is 25.9 Å². The second-order valence-electron chi connectivity index (χ2n) is 3.78. The Morgan fingerprint density at radius 1 is 1.26 bits per heavy atom. The molecular formula is C12H9BrFN5. The molecule has 5 nitrogen and oxygen atoms in total. The molecule has 1 aromatic carbocycles. The third kappa shape index (κ3) is 2.63. The molecule has 19 heavy (non-hydrogen) atoms. The fraction of sp³-hybridized carbons (Fsp3) is 0.0833. The summed E-state index contributed by atoms with van der Waals surface area (Å²) in [4.78, 5) is 7.69. The zero-order chi connectivity index (χ0) is 14.0. The summed E-state index contributed by atoms with van der Waals surface area (Å²) in [5.41, 5.74) is 12.6. The highest BCUT2D eigenvalue weighted by Crippen LogP contribution is 2.27. The minimum absolute atomic E-state index is 0.0188. The summed E-state index contributed by atoms with van der Waals surface area (Å²) in [5.74, 6) is -0.502. The maximum absolute atomic E-state index is 13.5. The topological polar surface area (TPSA) is 102 Å². The Kier molecular flexibility index (Phi) is 3.62. The molecule has 4 N–H and O–H groups in total. The van der Waals surface area contributed by atoms with Crippen molar-refractivity contribution in [1.29, 1.82) is 5.26 Å². The van der Waals surface area contributed by atoms with Gasteiger partial charge < -0.3 is 11.5 Å². The van der Waals surface area contributed by atoms with Gasteiger partial charge in [-0.05, 0) is 23.8 Å². The molecule has 0 aliphatic carbocycles. The van der Waals surface area contributed by atoms with E-state index in [1.54, 1.807) is 6.07 Å². The van der Waals surface area contributed by atoms with E-state index < -0.39 is 5.82 Å². The molecule has 96 valence electrons. The van der Waals surface area contributed by atoms with Gasteiger partial charge in [0.2, 0.25) is 5.95 Å². The number of anilines is 2. The first kappa shape index (κ1) is 13.2. The molecule has 0 fully saturated rings. The maximum Gasteiger partial charge on any atom is 0.222 e. The van der Waals surface area contributed by atoms with Crippen LogP contribution in [0.25, 0.3) is 11.3 Å². The lowest BCUT2D eigenvalue weighted by Gasteiger charge is -2.08. The van der Waals surface area contributed by atoms with Crippen molar-refractivity contribution >= 4 is 27.7 Å². The molecule has 0 saturated heterocycles. The molecular weight excluding hydrogens is 313 g/mol. The summed E-state index contributed by atoms with van der Waals surface area (Å²) in [6.07, 6.45) is 0. The van der Waals surface area contributed by atoms with E-state index >= 15 is 0 Å². The Labute approximate surface area is 117 Å². The van der Waals surface area contributed by atoms with Crippen molar-refractivity contribution in [3.8, 4) is 17.3 Å². The van der Waals surface area contributed by atoms with Crippen LogP contribution in [0.5, 0.6) is 0 Å². The van der Waals surface area contributed by atoms with Crippen molar-refractivity contribution in [2.24, 2.45) is 0 Å². The van der Waals surface area contributed by atoms with Gasteiger partial charge in [0.1, 0.15) is 23.3 Å². The zero-order valence-corrected chi connectivity index (χ0v) is 11.3. The van der Waals surface area contributed by atoms with Gasteiger partial charge in [-0.25, -0.2) is 9.37 Å². The number of nitriles is 1. The highest BCUT2D eigenvalue weighted by atomic mass is 79.9. The number of nitrogens with zero attached hydrogens (tertiary/aromatic N) is 3. The number of hydrogen-bond acceptors (Lipinski definition) is 5. The first-order valence-electron chi connectivity index (χ1n) is 5.24. The molecule has 0 unspecified atom stereocenters. The fourth-order valence-electron chi connectivity index (χ4n) is 1.68. The van der Waals surface area contributed by atoms with Crippen LogP contribution < -0.4 is 11.5 Å². The second kappa shape index (κ2) is 5.20. The van der Waals surface area contributed by atoms with Crippen molar-refractivity contribution in [3.05, 3.63) is 35.1 Å². The second-order valence-corrected chi connectivity index (χ2v) is 4.34. The number of rotatable bonds is 2. The Morgan fingerprint density at radius 3 is 2.63 bits per heavy atom. The molecule has 0 aliphatic heterocycles. The molecule has 0 bridgehead atoms. The normalized spacial score (nSPS) is 10.2. The molecule has 0 radical (unpaired) electrons. The van der Waals surface area contributed by atoms with Crippen molar-refractivity contribution in [1.82, 2.24) is 9.97 Å². The van der Waals surface area contributed by atoms with Crippen LogP contribution in [0.1, 0.15) is 11.1 Å². The fourth-order valence-corrected chi connectivity index (χ4v) is 2.00. The summed E-state index contributed by atoms with van der Waals surface area (Å²) in [6, 6.07) is 6.27. The zero-order valence-electron chi connectivity index (χ0n) is 9.69. The lowest BCUT2D eigenvalue weighted by Crippen LogP contribution is -2.05. The molecule has 0 amide bonds. The number of halogens is 2. The monoisotopic (exact) mass is 321 g/mol. The van der Waals surface area contributed by atoms with E-state index in [1.165, 1.54) is 12.1 Å². The molecule has 0 saturated carbocycles. The van der Waals surface area contributed by atoms with Crippen LogP contribution in [0, 0.1) is 17.1 Å². The predicted molar refractivity (Wildman–Crippen MR) is 73.6 cm³/mol. The number of nitrogen functional groups attached to an aromatic ring is 2. The van der Waals surface area contributed by atoms with E-state index in [1.807, 2.05) is 6.07 Å². The van der Waals surface area contributed by atoms with Crippen molar-refractivity contribution in [3.63, 3.8) is 0 Å². The van der Waals surface area contributed by atoms with Gasteiger partial charge in [-0.3, -0.25) is 0 Å². The van der Waals surface area contributed by atoms with Crippen molar-refractivity contribution in [2.75, 3.05) is 11.5 Å². The van der Waals surface area contributed by atoms with Gasteiger partial charge in [-0.2, -0.15) is 10.2 Å². The Hall–Kier alpha value is -2.20. The van der Waals surface area contributed by atoms with E-state index in [9.17, 15) is 4.39 Å². The quantitative estimate of drug-likeness (QED) is 0.826. The van der Waals surface area contributed by atoms with Crippen LogP contribution in [0.15, 0.2) is 18.2 Å². The number of alkyl halides is 1. The highest BCUT2D eigenvalue weighted by Gasteiger charge is 2.14. The third-order valence-electron chi connectivity index (χ3n) is 2.45. The molecule has 0 aliphatic rings. The van der Waals surface area contributed by atoms with Crippen LogP contribution in [-0.4, -0.2) is 9.97 Å². The number of aromatic nitrogens is 2. The molecule has 1 aromatic heterocycles. The highest BCUT2D eigenvalue weighted by molar-refractivity contribution is 9.08. The number of nitrogens with two attached hydrogens (primary N) is 2. The molecule has 2 aromatic rings. The Balaban J connectivity index is 2.71. The van der Waals surface area contributed by atoms with Crippen LogP contribution in [0.4, 0.5) is 16.2 Å². The molecule has 7 heteroatoms. The average Bonchev–Trinajstić information content (AvgIpc) is 2.37. The first-order valence-corrected chi connectivity index (χ1v) is 6.36. The Morgan fingerprint density at radius 2 is 2.00 bits per heavy atom. The van der Waals surface area contributed by atoms with Crippen molar-refractivity contribution in [2.45, 2.75) is 5.33 Å². The van der Waals surface area contributed by atoms with Gasteiger partial charge in [0.05, 0.1) is 5.69 Å². The predicted octanol–water partition coefficient (Wildman–Crippen LogP) is 2.21. The first-order chi connectivity index (χ1) is 9.05. The standard InChI is InChI=1S/C12H9BrFN5/c13-4-6-1-7(3-8(14)2-6)10-9(5-15)11(16)19-12(17)18-10/h1-3H,4H2,(H4,16,17,18,19). The van der Waals surface area contributed by atoms with E-state index in [0.717, 1.165) is 5.56 Å². The Bertz CT molecular complexity index is 681. The summed E-state index contributed by atoms with van der Waals surface area (Å²) < 4.78 is 13.5. The van der Waals surface area contributed by atoms with Gasteiger partial charge in [0, 0.05) is 10.9 Å². The van der Waals surface area contributed by atoms with E-state index in [-0.39, 0.29) is 23.0 Å². The van der Waals surface area contributed by atoms with Crippen LogP contribution in [-0.2, 0) is 5.33 Å². The van der Waals surface area contributed by atoms with Gasteiger partial charge in [0.15, 0.2) is 0 Å². The van der Waals surface area contributed by atoms with Gasteiger partial charge in [-0.15, -0.1) is 0 Å². The van der Waals surface area contributed by atoms with E-state index in [0.29, 0.717) is 10.9 Å². The largest absolute Gasteiger partial charge is 0.382 e. The maximum atomic E-state index is 13.5. The minimum atomic E-state index is -0.424. The average molecular weight is 322 g/mol. The smallest absolute Gasteiger partial charge is 0.222 e. The SMILES string of the molecule is N#Cc1c(N)nc(N)nc1-c1cc(F)cc(CBr)c1. The number of benzene rings is 1. The summed E-state index contributed by atoms with van der Waals surface area (Å²) >= 11 is 3.25. The summed E-state index contributed by atoms with van der Waals surface area (Å²) in [5, 5.41) is 9.58. The van der Waals surface area contributed by atoms with Crippen LogP contribution in [0.3, 0.4) is 0 Å². The van der Waals surface area contributed by atoms with Crippen LogP contribution >= 0.6 is 15.9 Å². The molecule has 0 atom stereocenters. The number of hydrogen-bond donors (Lipinski definition) is 2.